The molecule has 3 aromatic rings. The first kappa shape index (κ1) is 19.6. The summed E-state index contributed by atoms with van der Waals surface area (Å²) >= 11 is 5.93. The lowest BCUT2D eigenvalue weighted by Crippen LogP contribution is -2.29. The first-order chi connectivity index (χ1) is 15.1. The fourth-order valence-electron chi connectivity index (χ4n) is 4.61. The van der Waals surface area contributed by atoms with Crippen molar-refractivity contribution in [3.05, 3.63) is 111 Å². The Morgan fingerprint density at radius 1 is 1.06 bits per heavy atom. The van der Waals surface area contributed by atoms with Crippen LogP contribution in [-0.4, -0.2) is 4.92 Å². The average Bonchev–Trinajstić information content (AvgIpc) is 3.28. The molecule has 5 rings (SSSR count). The van der Waals surface area contributed by atoms with Gasteiger partial charge in [0.25, 0.3) is 5.69 Å². The number of hydrogen-bond acceptors (Lipinski definition) is 4. The van der Waals surface area contributed by atoms with E-state index in [0.29, 0.717) is 23.2 Å². The molecule has 0 spiro atoms. The molecule has 0 unspecified atom stereocenters. The quantitative estimate of drug-likeness (QED) is 0.278. The fraction of sp³-hybridized carbons (Fsp3) is 0.200. The van der Waals surface area contributed by atoms with Crippen LogP contribution >= 0.6 is 11.6 Å². The molecule has 5 nitrogen and oxygen atoms in total. The lowest BCUT2D eigenvalue weighted by molar-refractivity contribution is -0.384. The normalized spacial score (nSPS) is 21.1. The zero-order valence-corrected chi connectivity index (χ0v) is 17.5. The smallest absolute Gasteiger partial charge is 0.292 e. The second kappa shape index (κ2) is 8.08. The fourth-order valence-corrected chi connectivity index (χ4v) is 4.73. The molecule has 1 heterocycles. The number of rotatable bonds is 5. The minimum atomic E-state index is -0.310. The van der Waals surface area contributed by atoms with Gasteiger partial charge in [-0.1, -0.05) is 60.2 Å². The number of nitro benzene ring substituents is 1. The van der Waals surface area contributed by atoms with E-state index in [2.05, 4.69) is 17.5 Å². The van der Waals surface area contributed by atoms with E-state index in [1.165, 1.54) is 0 Å². The molecule has 0 saturated carbocycles. The molecular formula is C25H21ClN2O3. The maximum atomic E-state index is 11.6. The maximum absolute atomic E-state index is 11.6. The van der Waals surface area contributed by atoms with Gasteiger partial charge in [-0.3, -0.25) is 10.1 Å². The summed E-state index contributed by atoms with van der Waals surface area (Å²) in [5, 5.41) is 15.8. The van der Waals surface area contributed by atoms with Crippen molar-refractivity contribution in [1.29, 1.82) is 0 Å². The van der Waals surface area contributed by atoms with Gasteiger partial charge in [0.05, 0.1) is 11.0 Å². The van der Waals surface area contributed by atoms with E-state index in [1.54, 1.807) is 12.1 Å². The summed E-state index contributed by atoms with van der Waals surface area (Å²) in [6, 6.07) is 20.9. The highest BCUT2D eigenvalue weighted by molar-refractivity contribution is 6.30. The van der Waals surface area contributed by atoms with Crippen molar-refractivity contribution >= 4 is 23.0 Å². The number of ether oxygens (including phenoxy) is 1. The number of nitrogens with zero attached hydrogens (tertiary/aromatic N) is 1. The third-order valence-corrected chi connectivity index (χ3v) is 6.38. The van der Waals surface area contributed by atoms with Crippen LogP contribution in [-0.2, 0) is 6.61 Å². The Morgan fingerprint density at radius 2 is 1.84 bits per heavy atom. The van der Waals surface area contributed by atoms with E-state index in [9.17, 15) is 10.1 Å². The summed E-state index contributed by atoms with van der Waals surface area (Å²) in [7, 11) is 0. The van der Waals surface area contributed by atoms with Gasteiger partial charge in [-0.05, 0) is 53.3 Å². The zero-order valence-electron chi connectivity index (χ0n) is 16.7. The van der Waals surface area contributed by atoms with Crippen LogP contribution in [0, 0.1) is 16.0 Å². The van der Waals surface area contributed by atoms with Crippen LogP contribution in [0.3, 0.4) is 0 Å². The third kappa shape index (κ3) is 3.77. The highest BCUT2D eigenvalue weighted by Crippen LogP contribution is 2.52. The van der Waals surface area contributed by atoms with E-state index in [4.69, 9.17) is 16.3 Å². The van der Waals surface area contributed by atoms with Gasteiger partial charge in [0.1, 0.15) is 18.0 Å². The molecule has 0 bridgehead atoms. The predicted molar refractivity (Wildman–Crippen MR) is 122 cm³/mol. The highest BCUT2D eigenvalue weighted by atomic mass is 35.5. The predicted octanol–water partition coefficient (Wildman–Crippen LogP) is 6.65. The molecule has 1 aliphatic carbocycles. The Balaban J connectivity index is 1.37. The van der Waals surface area contributed by atoms with Crippen molar-refractivity contribution in [2.75, 3.05) is 5.32 Å². The first-order valence-corrected chi connectivity index (χ1v) is 10.7. The van der Waals surface area contributed by atoms with Gasteiger partial charge in [-0.15, -0.1) is 0 Å². The van der Waals surface area contributed by atoms with E-state index in [1.807, 2.05) is 54.6 Å². The molecule has 3 aromatic carbocycles. The van der Waals surface area contributed by atoms with Crippen LogP contribution in [0.1, 0.15) is 35.1 Å². The Morgan fingerprint density at radius 3 is 2.58 bits per heavy atom. The van der Waals surface area contributed by atoms with E-state index in [0.717, 1.165) is 28.9 Å². The van der Waals surface area contributed by atoms with Gasteiger partial charge >= 0.3 is 0 Å². The number of benzene rings is 3. The summed E-state index contributed by atoms with van der Waals surface area (Å²) in [6.45, 7) is 0.465. The SMILES string of the molecule is O=[N+]([O-])c1cccc2c1N[C@@H](c1ccc(OCc3ccc(Cl)cc3)cc1)[C@H]1CC=C[C@@H]21. The standard InChI is InChI=1S/C25H21ClN2O3/c26-18-11-7-16(8-12-18)15-31-19-13-9-17(10-14-19)24-21-4-1-3-20(21)22-5-2-6-23(28(29)30)25(22)27-24/h1-3,5-14,20-21,24,27H,4,15H2/t20-,21+,24+/m1/s1. The second-order valence-electron chi connectivity index (χ2n) is 7.96. The van der Waals surface area contributed by atoms with Crippen LogP contribution in [0.2, 0.25) is 5.02 Å². The van der Waals surface area contributed by atoms with Gasteiger partial charge < -0.3 is 10.1 Å². The molecule has 0 amide bonds. The molecule has 31 heavy (non-hydrogen) atoms. The molecule has 6 heteroatoms. The minimum Gasteiger partial charge on any atom is -0.489 e. The average molecular weight is 433 g/mol. The number of fused-ring (bicyclic) bond motifs is 3. The number of nitro groups is 1. The second-order valence-corrected chi connectivity index (χ2v) is 8.39. The Hall–Kier alpha value is -3.31. The Bertz CT molecular complexity index is 1140. The monoisotopic (exact) mass is 432 g/mol. The summed E-state index contributed by atoms with van der Waals surface area (Å²) < 4.78 is 5.90. The largest absolute Gasteiger partial charge is 0.489 e. The number of hydrogen-bond donors (Lipinski definition) is 1. The van der Waals surface area contributed by atoms with Crippen LogP contribution < -0.4 is 10.1 Å². The van der Waals surface area contributed by atoms with Gasteiger partial charge in [0.15, 0.2) is 0 Å². The van der Waals surface area contributed by atoms with Gasteiger partial charge in [-0.2, -0.15) is 0 Å². The molecule has 2 aliphatic rings. The third-order valence-electron chi connectivity index (χ3n) is 6.13. The summed E-state index contributed by atoms with van der Waals surface area (Å²) in [5.41, 5.74) is 3.91. The number of halogens is 1. The van der Waals surface area contributed by atoms with Crippen LogP contribution in [0.25, 0.3) is 0 Å². The molecule has 0 radical (unpaired) electrons. The van der Waals surface area contributed by atoms with Gasteiger partial charge in [-0.25, -0.2) is 0 Å². The topological polar surface area (TPSA) is 64.4 Å². The summed E-state index contributed by atoms with van der Waals surface area (Å²) in [6.07, 6.45) is 5.31. The number of anilines is 1. The molecule has 156 valence electrons. The maximum Gasteiger partial charge on any atom is 0.292 e. The van der Waals surface area contributed by atoms with Crippen molar-refractivity contribution in [2.24, 2.45) is 5.92 Å². The number of para-hydroxylation sites is 1. The van der Waals surface area contributed by atoms with E-state index in [-0.39, 0.29) is 22.6 Å². The molecule has 1 aliphatic heterocycles. The van der Waals surface area contributed by atoms with Crippen molar-refractivity contribution in [2.45, 2.75) is 25.0 Å². The molecule has 1 N–H and O–H groups in total. The summed E-state index contributed by atoms with van der Waals surface area (Å²) in [4.78, 5) is 11.3. The number of nitrogens with one attached hydrogen (secondary N) is 1. The minimum absolute atomic E-state index is 0.00100. The highest BCUT2D eigenvalue weighted by Gasteiger charge is 2.40. The molecule has 3 atom stereocenters. The van der Waals surface area contributed by atoms with E-state index < -0.39 is 0 Å². The first-order valence-electron chi connectivity index (χ1n) is 10.3. The van der Waals surface area contributed by atoms with Crippen LogP contribution in [0.15, 0.2) is 78.9 Å². The molecule has 0 fully saturated rings. The lowest BCUT2D eigenvalue weighted by Gasteiger charge is -2.37. The molecule has 0 saturated heterocycles. The van der Waals surface area contributed by atoms with Gasteiger partial charge in [0.2, 0.25) is 0 Å². The Kier molecular flexibility index (Phi) is 5.12. The van der Waals surface area contributed by atoms with E-state index >= 15 is 0 Å². The van der Waals surface area contributed by atoms with Crippen molar-refractivity contribution in [1.82, 2.24) is 0 Å². The molecular weight excluding hydrogens is 412 g/mol. The zero-order chi connectivity index (χ0) is 21.4. The number of allylic oxidation sites excluding steroid dienone is 2. The molecule has 0 aromatic heterocycles. The van der Waals surface area contributed by atoms with Crippen LogP contribution in [0.4, 0.5) is 11.4 Å². The van der Waals surface area contributed by atoms with Crippen LogP contribution in [0.5, 0.6) is 5.75 Å². The van der Waals surface area contributed by atoms with Crippen molar-refractivity contribution < 1.29 is 9.66 Å². The Labute approximate surface area is 185 Å². The van der Waals surface area contributed by atoms with Gasteiger partial charge in [0, 0.05) is 17.0 Å². The van der Waals surface area contributed by atoms with Crippen molar-refractivity contribution in [3.63, 3.8) is 0 Å². The van der Waals surface area contributed by atoms with Crippen molar-refractivity contribution in [3.8, 4) is 5.75 Å². The summed E-state index contributed by atoms with van der Waals surface area (Å²) in [5.74, 6) is 1.29. The lowest BCUT2D eigenvalue weighted by atomic mass is 9.77.